The van der Waals surface area contributed by atoms with Crippen molar-refractivity contribution in [2.75, 3.05) is 52.4 Å². The molecule has 2 fully saturated rings. The van der Waals surface area contributed by atoms with Crippen LogP contribution < -0.4 is 26.6 Å². The Morgan fingerprint density at radius 2 is 1.80 bits per heavy atom. The first-order valence-corrected chi connectivity index (χ1v) is 15.9. The maximum atomic E-state index is 6.70. The van der Waals surface area contributed by atoms with Crippen molar-refractivity contribution in [3.05, 3.63) is 58.1 Å². The van der Waals surface area contributed by atoms with Gasteiger partial charge in [0.2, 0.25) is 0 Å². The van der Waals surface area contributed by atoms with E-state index in [4.69, 9.17) is 39.8 Å². The van der Waals surface area contributed by atoms with Crippen molar-refractivity contribution in [1.82, 2.24) is 24.7 Å². The smallest absolute Gasteiger partial charge is 0.127 e. The molecular weight excluding hydrogens is 565 g/mol. The largest absolute Gasteiger partial charge is 0.384 e. The molecule has 0 radical (unpaired) electrons. The highest BCUT2D eigenvalue weighted by Gasteiger charge is 2.33. The number of nitrogens with zero attached hydrogens (tertiary/aromatic N) is 4. The topological polar surface area (TPSA) is 124 Å². The van der Waals surface area contributed by atoms with E-state index in [1.54, 1.807) is 0 Å². The molecule has 8 N–H and O–H groups in total. The number of rotatable bonds is 14. The first-order chi connectivity index (χ1) is 19.3. The molecule has 2 saturated heterocycles. The Morgan fingerprint density at radius 1 is 1.07 bits per heavy atom. The highest BCUT2D eigenvalue weighted by Crippen LogP contribution is 2.25. The molecule has 1 aromatic carbocycles. The van der Waals surface area contributed by atoms with E-state index in [0.717, 1.165) is 75.0 Å². The van der Waals surface area contributed by atoms with E-state index in [-0.39, 0.29) is 5.82 Å². The number of nitrogens with one attached hydrogen (secondary N) is 2. The molecule has 0 amide bonds. The normalized spacial score (nSPS) is 20.6. The number of nitrogens with two attached hydrogens (primary N) is 3. The molecule has 0 saturated carbocycles. The zero-order valence-electron chi connectivity index (χ0n) is 23.9. The Hall–Kier alpha value is -1.50. The Labute approximate surface area is 254 Å². The lowest BCUT2D eigenvalue weighted by Crippen LogP contribution is -2.58. The standard InChI is InChI=1S/C28H47Cl2N9S/c1-3-5-25(34-12-13-35-40-33)27(28(31)32)36-26(30)20-38-16-17-39(23(4-2)19-38)24-10-14-37(15-11-24)18-21-6-8-22(29)9-7-21/h5-9,23-24,34-35H,3-4,10-20,31-33H2,1-2H3/b25-5-,36-26?. The number of piperazine rings is 1. The van der Waals surface area contributed by atoms with Gasteiger partial charge < -0.3 is 16.8 Å². The number of benzene rings is 1. The minimum Gasteiger partial charge on any atom is -0.384 e. The van der Waals surface area contributed by atoms with E-state index < -0.39 is 0 Å². The predicted molar refractivity (Wildman–Crippen MR) is 172 cm³/mol. The Balaban J connectivity index is 1.53. The summed E-state index contributed by atoms with van der Waals surface area (Å²) < 4.78 is 3.01. The van der Waals surface area contributed by atoms with Crippen molar-refractivity contribution < 1.29 is 0 Å². The van der Waals surface area contributed by atoms with Gasteiger partial charge in [-0.1, -0.05) is 55.3 Å². The summed E-state index contributed by atoms with van der Waals surface area (Å²) in [6.07, 6.45) is 6.35. The number of hydrogen-bond acceptors (Lipinski definition) is 10. The first kappa shape index (κ1) is 33.0. The highest BCUT2D eigenvalue weighted by atomic mass is 35.5. The minimum absolute atomic E-state index is 0.144. The number of piperidine rings is 1. The summed E-state index contributed by atoms with van der Waals surface area (Å²) >= 11 is 13.8. The monoisotopic (exact) mass is 611 g/mol. The van der Waals surface area contributed by atoms with Crippen molar-refractivity contribution in [2.24, 2.45) is 21.6 Å². The second kappa shape index (κ2) is 17.5. The SMILES string of the molecule is CC/C=C(\NCCNSN)C(N=C(Cl)CN1CCN(C2CCN(Cc3ccc(Cl)cc3)CC2)C(CC)C1)=C(N)N. The number of halogens is 2. The molecule has 40 heavy (non-hydrogen) atoms. The third kappa shape index (κ3) is 10.4. The average molecular weight is 613 g/mol. The number of likely N-dealkylation sites (tertiary alicyclic amines) is 1. The zero-order valence-corrected chi connectivity index (χ0v) is 26.2. The van der Waals surface area contributed by atoms with Gasteiger partial charge in [-0.25, -0.2) is 9.71 Å². The van der Waals surface area contributed by atoms with Crippen LogP contribution in [-0.2, 0) is 6.54 Å². The maximum absolute atomic E-state index is 6.70. The van der Waals surface area contributed by atoms with Crippen LogP contribution in [0.3, 0.4) is 0 Å². The van der Waals surface area contributed by atoms with Crippen LogP contribution in [-0.4, -0.2) is 84.3 Å². The molecule has 0 bridgehead atoms. The van der Waals surface area contributed by atoms with Crippen molar-refractivity contribution in [1.29, 1.82) is 0 Å². The molecule has 1 aromatic rings. The summed E-state index contributed by atoms with van der Waals surface area (Å²) in [5, 5.41) is 10.1. The van der Waals surface area contributed by atoms with Crippen LogP contribution in [0.2, 0.25) is 5.02 Å². The second-order valence-electron chi connectivity index (χ2n) is 10.4. The molecule has 2 aliphatic heterocycles. The maximum Gasteiger partial charge on any atom is 0.127 e. The Bertz CT molecular complexity index is 990. The van der Waals surface area contributed by atoms with Crippen LogP contribution in [0.15, 0.2) is 52.5 Å². The van der Waals surface area contributed by atoms with Gasteiger partial charge in [-0.3, -0.25) is 19.8 Å². The van der Waals surface area contributed by atoms with Crippen LogP contribution in [0.1, 0.15) is 45.1 Å². The third-order valence-corrected chi connectivity index (χ3v) is 8.41. The van der Waals surface area contributed by atoms with Gasteiger partial charge in [0, 0.05) is 68.5 Å². The first-order valence-electron chi connectivity index (χ1n) is 14.3. The fourth-order valence-corrected chi connectivity index (χ4v) is 6.16. The van der Waals surface area contributed by atoms with Crippen LogP contribution in [0.4, 0.5) is 0 Å². The molecule has 0 aliphatic carbocycles. The lowest BCUT2D eigenvalue weighted by atomic mass is 9.98. The molecular formula is C28H47Cl2N9S. The fourth-order valence-electron chi connectivity index (χ4n) is 5.56. The molecule has 9 nitrogen and oxygen atoms in total. The summed E-state index contributed by atoms with van der Waals surface area (Å²) in [5.41, 5.74) is 14.6. The van der Waals surface area contributed by atoms with Gasteiger partial charge in [-0.15, -0.1) is 0 Å². The van der Waals surface area contributed by atoms with Gasteiger partial charge in [0.1, 0.15) is 16.7 Å². The minimum atomic E-state index is 0.144. The van der Waals surface area contributed by atoms with E-state index in [1.165, 1.54) is 18.4 Å². The van der Waals surface area contributed by atoms with Crippen molar-refractivity contribution in [3.63, 3.8) is 0 Å². The highest BCUT2D eigenvalue weighted by molar-refractivity contribution is 7.95. The summed E-state index contributed by atoms with van der Waals surface area (Å²) in [6, 6.07) is 9.36. The summed E-state index contributed by atoms with van der Waals surface area (Å²) in [4.78, 5) is 12.4. The molecule has 224 valence electrons. The van der Waals surface area contributed by atoms with Gasteiger partial charge in [0.25, 0.3) is 0 Å². The predicted octanol–water partition coefficient (Wildman–Crippen LogP) is 3.42. The van der Waals surface area contributed by atoms with Crippen molar-refractivity contribution in [2.45, 2.75) is 58.2 Å². The van der Waals surface area contributed by atoms with Gasteiger partial charge in [-0.2, -0.15) is 0 Å². The van der Waals surface area contributed by atoms with Gasteiger partial charge in [0.15, 0.2) is 0 Å². The molecule has 2 aliphatic rings. The average Bonchev–Trinajstić information content (AvgIpc) is 2.95. The van der Waals surface area contributed by atoms with Crippen LogP contribution in [0.25, 0.3) is 0 Å². The summed E-state index contributed by atoms with van der Waals surface area (Å²) in [7, 11) is 0. The van der Waals surface area contributed by atoms with E-state index in [0.29, 0.717) is 42.6 Å². The summed E-state index contributed by atoms with van der Waals surface area (Å²) in [6.45, 7) is 12.5. The van der Waals surface area contributed by atoms with Crippen LogP contribution in [0.5, 0.6) is 0 Å². The molecule has 0 spiro atoms. The Morgan fingerprint density at radius 3 is 2.42 bits per heavy atom. The molecule has 2 heterocycles. The van der Waals surface area contributed by atoms with Crippen LogP contribution in [0, 0.1) is 0 Å². The van der Waals surface area contributed by atoms with Gasteiger partial charge in [0.05, 0.1) is 12.2 Å². The molecule has 3 rings (SSSR count). The number of hydrogen-bond donors (Lipinski definition) is 5. The zero-order chi connectivity index (χ0) is 28.9. The van der Waals surface area contributed by atoms with Crippen LogP contribution >= 0.6 is 35.3 Å². The molecule has 0 aromatic heterocycles. The lowest BCUT2D eigenvalue weighted by molar-refractivity contribution is 0.0174. The number of aliphatic imine (C=N–C) groups is 1. The second-order valence-corrected chi connectivity index (χ2v) is 11.8. The molecule has 12 heteroatoms. The van der Waals surface area contributed by atoms with E-state index >= 15 is 0 Å². The lowest BCUT2D eigenvalue weighted by Gasteiger charge is -2.47. The third-order valence-electron chi connectivity index (χ3n) is 7.58. The van der Waals surface area contributed by atoms with Gasteiger partial charge >= 0.3 is 0 Å². The molecule has 1 unspecified atom stereocenters. The number of allylic oxidation sites excluding steroid dienone is 1. The van der Waals surface area contributed by atoms with Crippen molar-refractivity contribution >= 4 is 40.5 Å². The van der Waals surface area contributed by atoms with E-state index in [2.05, 4.69) is 55.7 Å². The van der Waals surface area contributed by atoms with E-state index in [9.17, 15) is 0 Å². The molecule has 1 atom stereocenters. The van der Waals surface area contributed by atoms with Gasteiger partial charge in [-0.05, 0) is 56.5 Å². The van der Waals surface area contributed by atoms with Crippen molar-refractivity contribution in [3.8, 4) is 0 Å². The quantitative estimate of drug-likeness (QED) is 0.0931. The Kier molecular flexibility index (Phi) is 14.4. The van der Waals surface area contributed by atoms with E-state index in [1.807, 2.05) is 18.2 Å². The summed E-state index contributed by atoms with van der Waals surface area (Å²) in [5.74, 6) is 0.144. The fraction of sp³-hybridized carbons (Fsp3) is 0.607.